The Morgan fingerprint density at radius 3 is 2.59 bits per heavy atom. The zero-order chi connectivity index (χ0) is 14.1. The van der Waals surface area contributed by atoms with Crippen molar-refractivity contribution in [1.82, 2.24) is 0 Å². The molecule has 1 fully saturated rings. The summed E-state index contributed by atoms with van der Waals surface area (Å²) < 4.78 is 0. The Morgan fingerprint density at radius 1 is 0.955 bits per heavy atom. The average molecular weight is 315 g/mol. The highest BCUT2D eigenvalue weighted by Gasteiger charge is 2.32. The number of para-hydroxylation sites is 2. The van der Waals surface area contributed by atoms with Crippen molar-refractivity contribution in [1.29, 1.82) is 0 Å². The predicted octanol–water partition coefficient (Wildman–Crippen LogP) is 4.71. The molecule has 2 aromatic rings. The fourth-order valence-electron chi connectivity index (χ4n) is 3.85. The largest absolute Gasteiger partial charge is 0.380 e. The summed E-state index contributed by atoms with van der Waals surface area (Å²) in [6.07, 6.45) is 4.04. The molecule has 2 aliphatic rings. The fraction of sp³-hybridized carbons (Fsp3) is 0.368. The lowest BCUT2D eigenvalue weighted by Gasteiger charge is -2.27. The molecule has 3 heteroatoms. The Hall–Kier alpha value is -1.67. The van der Waals surface area contributed by atoms with Gasteiger partial charge in [-0.15, -0.1) is 12.4 Å². The van der Waals surface area contributed by atoms with Crippen LogP contribution in [-0.4, -0.2) is 12.6 Å². The first-order valence-corrected chi connectivity index (χ1v) is 8.04. The van der Waals surface area contributed by atoms with E-state index in [1.807, 2.05) is 0 Å². The maximum atomic E-state index is 3.80. The fourth-order valence-corrected chi connectivity index (χ4v) is 3.85. The molecule has 1 aliphatic heterocycles. The third-order valence-corrected chi connectivity index (χ3v) is 4.92. The molecule has 0 spiro atoms. The Morgan fingerprint density at radius 2 is 1.73 bits per heavy atom. The molecule has 0 radical (unpaired) electrons. The highest BCUT2D eigenvalue weighted by molar-refractivity contribution is 5.85. The van der Waals surface area contributed by atoms with E-state index in [1.165, 1.54) is 42.7 Å². The number of nitrogens with zero attached hydrogens (tertiary/aromatic N) is 1. The third-order valence-electron chi connectivity index (χ3n) is 4.92. The number of hydrogen-bond acceptors (Lipinski definition) is 2. The van der Waals surface area contributed by atoms with Gasteiger partial charge in [-0.05, 0) is 36.5 Å². The van der Waals surface area contributed by atoms with E-state index in [0.29, 0.717) is 6.04 Å². The van der Waals surface area contributed by atoms with E-state index in [1.54, 1.807) is 0 Å². The minimum atomic E-state index is 0. The minimum absolute atomic E-state index is 0. The van der Waals surface area contributed by atoms with Crippen molar-refractivity contribution in [3.05, 3.63) is 60.2 Å². The van der Waals surface area contributed by atoms with Gasteiger partial charge in [0.25, 0.3) is 0 Å². The van der Waals surface area contributed by atoms with Crippen LogP contribution >= 0.6 is 12.4 Å². The van der Waals surface area contributed by atoms with Crippen LogP contribution in [0.3, 0.4) is 0 Å². The van der Waals surface area contributed by atoms with Crippen LogP contribution < -0.4 is 10.2 Å². The summed E-state index contributed by atoms with van der Waals surface area (Å²) in [5.74, 6) is 0.779. The van der Waals surface area contributed by atoms with Crippen molar-refractivity contribution in [2.45, 2.75) is 31.8 Å². The van der Waals surface area contributed by atoms with Gasteiger partial charge in [-0.3, -0.25) is 0 Å². The molecule has 1 saturated carbocycles. The normalized spacial score (nSPS) is 22.8. The van der Waals surface area contributed by atoms with E-state index in [2.05, 4.69) is 64.8 Å². The van der Waals surface area contributed by atoms with Gasteiger partial charge in [0, 0.05) is 19.1 Å². The van der Waals surface area contributed by atoms with Gasteiger partial charge < -0.3 is 10.2 Å². The van der Waals surface area contributed by atoms with E-state index >= 15 is 0 Å². The van der Waals surface area contributed by atoms with Crippen molar-refractivity contribution >= 4 is 23.8 Å². The quantitative estimate of drug-likeness (QED) is 0.863. The first-order valence-electron chi connectivity index (χ1n) is 8.04. The monoisotopic (exact) mass is 314 g/mol. The highest BCUT2D eigenvalue weighted by Crippen LogP contribution is 2.38. The molecule has 2 aromatic carbocycles. The van der Waals surface area contributed by atoms with Gasteiger partial charge in [0.1, 0.15) is 0 Å². The number of hydrogen-bond donors (Lipinski definition) is 1. The van der Waals surface area contributed by atoms with Crippen LogP contribution in [-0.2, 0) is 6.54 Å². The van der Waals surface area contributed by atoms with E-state index < -0.39 is 0 Å². The predicted molar refractivity (Wildman–Crippen MR) is 95.9 cm³/mol. The van der Waals surface area contributed by atoms with Crippen molar-refractivity contribution in [2.75, 3.05) is 16.8 Å². The first kappa shape index (κ1) is 15.2. The Labute approximate surface area is 138 Å². The summed E-state index contributed by atoms with van der Waals surface area (Å²) >= 11 is 0. The molecule has 0 aromatic heterocycles. The van der Waals surface area contributed by atoms with E-state index in [0.717, 1.165) is 12.5 Å². The molecule has 2 atom stereocenters. The van der Waals surface area contributed by atoms with Crippen LogP contribution in [0.2, 0.25) is 0 Å². The second kappa shape index (κ2) is 6.62. The minimum Gasteiger partial charge on any atom is -0.380 e. The molecule has 4 rings (SSSR count). The standard InChI is InChI=1S/C19H22N2.ClH/c1-2-7-15(8-3-1)13-21-14-16-9-6-11-17(16)20-18-10-4-5-12-19(18)21;/h1-5,7-8,10,12,16-17,20H,6,9,11,13-14H2;1H/t16-,17+;/m0./s1. The zero-order valence-corrected chi connectivity index (χ0v) is 13.6. The summed E-state index contributed by atoms with van der Waals surface area (Å²) in [7, 11) is 0. The lowest BCUT2D eigenvalue weighted by atomic mass is 10.0. The Bertz CT molecular complexity index is 614. The summed E-state index contributed by atoms with van der Waals surface area (Å²) in [6.45, 7) is 2.17. The summed E-state index contributed by atoms with van der Waals surface area (Å²) in [4.78, 5) is 2.56. The van der Waals surface area contributed by atoms with Crippen LogP contribution in [0.4, 0.5) is 11.4 Å². The molecular weight excluding hydrogens is 292 g/mol. The molecule has 0 amide bonds. The average Bonchev–Trinajstić information content (AvgIpc) is 2.90. The van der Waals surface area contributed by atoms with Crippen LogP contribution in [0.5, 0.6) is 0 Å². The van der Waals surface area contributed by atoms with Gasteiger partial charge in [0.15, 0.2) is 0 Å². The molecule has 1 N–H and O–H groups in total. The van der Waals surface area contributed by atoms with Gasteiger partial charge in [-0.2, -0.15) is 0 Å². The zero-order valence-electron chi connectivity index (χ0n) is 12.7. The number of halogens is 1. The Kier molecular flexibility index (Phi) is 4.58. The maximum absolute atomic E-state index is 3.80. The molecule has 0 unspecified atom stereocenters. The molecule has 2 nitrogen and oxygen atoms in total. The van der Waals surface area contributed by atoms with Crippen molar-refractivity contribution < 1.29 is 0 Å². The number of fused-ring (bicyclic) bond motifs is 2. The molecule has 116 valence electrons. The van der Waals surface area contributed by atoms with Crippen molar-refractivity contribution in [2.24, 2.45) is 5.92 Å². The second-order valence-corrected chi connectivity index (χ2v) is 6.33. The third kappa shape index (κ3) is 2.93. The molecule has 22 heavy (non-hydrogen) atoms. The maximum Gasteiger partial charge on any atom is 0.0605 e. The van der Waals surface area contributed by atoms with E-state index in [-0.39, 0.29) is 12.4 Å². The number of anilines is 2. The van der Waals surface area contributed by atoms with Gasteiger partial charge in [0.05, 0.1) is 11.4 Å². The van der Waals surface area contributed by atoms with E-state index in [4.69, 9.17) is 0 Å². The molecule has 0 saturated heterocycles. The number of benzene rings is 2. The van der Waals surface area contributed by atoms with Crippen molar-refractivity contribution in [3.8, 4) is 0 Å². The molecule has 0 bridgehead atoms. The molecule has 1 heterocycles. The first-order chi connectivity index (χ1) is 10.4. The lowest BCUT2D eigenvalue weighted by molar-refractivity contribution is 0.501. The SMILES string of the molecule is Cl.c1ccc(CN2C[C@@H]3CCC[C@H]3Nc3ccccc32)cc1. The van der Waals surface area contributed by atoms with Gasteiger partial charge in [-0.1, -0.05) is 48.9 Å². The number of nitrogens with one attached hydrogen (secondary N) is 1. The summed E-state index contributed by atoms with van der Waals surface area (Å²) in [5.41, 5.74) is 4.06. The number of rotatable bonds is 2. The van der Waals surface area contributed by atoms with Crippen LogP contribution in [0.1, 0.15) is 24.8 Å². The molecule has 1 aliphatic carbocycles. The summed E-state index contributed by atoms with van der Waals surface area (Å²) in [5, 5.41) is 3.80. The van der Waals surface area contributed by atoms with Gasteiger partial charge in [0.2, 0.25) is 0 Å². The smallest absolute Gasteiger partial charge is 0.0605 e. The van der Waals surface area contributed by atoms with Crippen LogP contribution in [0.25, 0.3) is 0 Å². The summed E-state index contributed by atoms with van der Waals surface area (Å²) in [6, 6.07) is 20.3. The van der Waals surface area contributed by atoms with Gasteiger partial charge in [-0.25, -0.2) is 0 Å². The van der Waals surface area contributed by atoms with Crippen LogP contribution in [0, 0.1) is 5.92 Å². The second-order valence-electron chi connectivity index (χ2n) is 6.33. The Balaban J connectivity index is 0.00000144. The lowest BCUT2D eigenvalue weighted by Crippen LogP contribution is -2.31. The highest BCUT2D eigenvalue weighted by atomic mass is 35.5. The topological polar surface area (TPSA) is 15.3 Å². The van der Waals surface area contributed by atoms with Crippen molar-refractivity contribution in [3.63, 3.8) is 0 Å². The van der Waals surface area contributed by atoms with Crippen LogP contribution in [0.15, 0.2) is 54.6 Å². The van der Waals surface area contributed by atoms with E-state index in [9.17, 15) is 0 Å². The van der Waals surface area contributed by atoms with Gasteiger partial charge >= 0.3 is 0 Å². The molecular formula is C19H23ClN2.